The first-order valence-corrected chi connectivity index (χ1v) is 8.12. The number of hydrogen-bond donors (Lipinski definition) is 2. The fraction of sp³-hybridized carbons (Fsp3) is 0.571. The number of hydrogen-bond acceptors (Lipinski definition) is 3. The largest absolute Gasteiger partial charge is 0.396 e. The molecule has 108 valence electrons. The van der Waals surface area contributed by atoms with Crippen molar-refractivity contribution in [3.8, 4) is 0 Å². The Kier molecular flexibility index (Phi) is 5.97. The summed E-state index contributed by atoms with van der Waals surface area (Å²) in [6.45, 7) is 6.00. The van der Waals surface area contributed by atoms with Gasteiger partial charge in [-0.15, -0.1) is 0 Å². The van der Waals surface area contributed by atoms with Gasteiger partial charge in [0.15, 0.2) is 0 Å². The molecule has 0 saturated carbocycles. The SMILES string of the molecule is CCC(CCO)NS(=O)(=O)c1ccc(C(C)C)cc1. The Morgan fingerprint density at radius 3 is 2.21 bits per heavy atom. The van der Waals surface area contributed by atoms with Crippen molar-refractivity contribution in [2.45, 2.75) is 50.5 Å². The highest BCUT2D eigenvalue weighted by Gasteiger charge is 2.18. The Bertz CT molecular complexity index is 480. The molecule has 5 heteroatoms. The van der Waals surface area contributed by atoms with Crippen LogP contribution < -0.4 is 4.72 Å². The summed E-state index contributed by atoms with van der Waals surface area (Å²) in [6, 6.07) is 6.71. The number of aliphatic hydroxyl groups excluding tert-OH is 1. The fourth-order valence-corrected chi connectivity index (χ4v) is 3.18. The molecule has 0 saturated heterocycles. The van der Waals surface area contributed by atoms with E-state index in [0.717, 1.165) is 5.56 Å². The van der Waals surface area contributed by atoms with Crippen molar-refractivity contribution >= 4 is 10.0 Å². The Morgan fingerprint density at radius 2 is 1.79 bits per heavy atom. The molecule has 1 aromatic carbocycles. The Balaban J connectivity index is 2.87. The van der Waals surface area contributed by atoms with Gasteiger partial charge in [0.05, 0.1) is 4.90 Å². The summed E-state index contributed by atoms with van der Waals surface area (Å²) in [7, 11) is -3.50. The van der Waals surface area contributed by atoms with Crippen LogP contribution in [0.25, 0.3) is 0 Å². The van der Waals surface area contributed by atoms with Crippen molar-refractivity contribution in [1.29, 1.82) is 0 Å². The lowest BCUT2D eigenvalue weighted by Crippen LogP contribution is -2.35. The second-order valence-corrected chi connectivity index (χ2v) is 6.68. The molecule has 0 bridgehead atoms. The van der Waals surface area contributed by atoms with Gasteiger partial charge in [0.25, 0.3) is 0 Å². The Hall–Kier alpha value is -0.910. The molecule has 0 heterocycles. The van der Waals surface area contributed by atoms with Gasteiger partial charge >= 0.3 is 0 Å². The second-order valence-electron chi connectivity index (χ2n) is 4.96. The average Bonchev–Trinajstić information content (AvgIpc) is 2.38. The van der Waals surface area contributed by atoms with E-state index >= 15 is 0 Å². The number of sulfonamides is 1. The maximum atomic E-state index is 12.2. The summed E-state index contributed by atoms with van der Waals surface area (Å²) in [5.74, 6) is 0.377. The van der Waals surface area contributed by atoms with Gasteiger partial charge in [-0.05, 0) is 36.5 Å². The van der Waals surface area contributed by atoms with Crippen LogP contribution in [-0.2, 0) is 10.0 Å². The van der Waals surface area contributed by atoms with Crippen LogP contribution in [0, 0.1) is 0 Å². The molecule has 1 unspecified atom stereocenters. The van der Waals surface area contributed by atoms with Gasteiger partial charge in [-0.2, -0.15) is 0 Å². The first kappa shape index (κ1) is 16.1. The van der Waals surface area contributed by atoms with E-state index in [9.17, 15) is 8.42 Å². The van der Waals surface area contributed by atoms with Crippen LogP contribution in [0.1, 0.15) is 45.1 Å². The van der Waals surface area contributed by atoms with Crippen LogP contribution in [0.4, 0.5) is 0 Å². The fourth-order valence-electron chi connectivity index (χ4n) is 1.82. The van der Waals surface area contributed by atoms with Gasteiger partial charge in [-0.3, -0.25) is 0 Å². The van der Waals surface area contributed by atoms with Crippen molar-refractivity contribution in [1.82, 2.24) is 4.72 Å². The highest BCUT2D eigenvalue weighted by atomic mass is 32.2. The maximum Gasteiger partial charge on any atom is 0.240 e. The summed E-state index contributed by atoms with van der Waals surface area (Å²) in [6.07, 6.45) is 1.09. The normalized spacial score (nSPS) is 13.7. The molecule has 0 amide bonds. The van der Waals surface area contributed by atoms with E-state index in [-0.39, 0.29) is 17.5 Å². The van der Waals surface area contributed by atoms with Crippen molar-refractivity contribution in [3.05, 3.63) is 29.8 Å². The van der Waals surface area contributed by atoms with E-state index in [0.29, 0.717) is 18.8 Å². The molecule has 19 heavy (non-hydrogen) atoms. The van der Waals surface area contributed by atoms with Gasteiger partial charge in [0.2, 0.25) is 10.0 Å². The van der Waals surface area contributed by atoms with Gasteiger partial charge in [0, 0.05) is 12.6 Å². The molecular weight excluding hydrogens is 262 g/mol. The quantitative estimate of drug-likeness (QED) is 0.807. The second kappa shape index (κ2) is 7.03. The van der Waals surface area contributed by atoms with Crippen LogP contribution in [0.5, 0.6) is 0 Å². The van der Waals surface area contributed by atoms with Crippen LogP contribution >= 0.6 is 0 Å². The van der Waals surface area contributed by atoms with Crippen LogP contribution in [0.2, 0.25) is 0 Å². The zero-order valence-corrected chi connectivity index (χ0v) is 12.6. The molecule has 1 aromatic rings. The molecule has 1 rings (SSSR count). The van der Waals surface area contributed by atoms with E-state index in [1.165, 1.54) is 0 Å². The summed E-state index contributed by atoms with van der Waals surface area (Å²) in [5, 5.41) is 8.90. The third-order valence-corrected chi connectivity index (χ3v) is 4.69. The molecule has 0 radical (unpaired) electrons. The van der Waals surface area contributed by atoms with E-state index < -0.39 is 10.0 Å². The van der Waals surface area contributed by atoms with Crippen molar-refractivity contribution in [2.24, 2.45) is 0 Å². The van der Waals surface area contributed by atoms with Crippen LogP contribution in [-0.4, -0.2) is 26.2 Å². The maximum absolute atomic E-state index is 12.2. The zero-order chi connectivity index (χ0) is 14.5. The average molecular weight is 285 g/mol. The van der Waals surface area contributed by atoms with Crippen molar-refractivity contribution in [2.75, 3.05) is 6.61 Å². The van der Waals surface area contributed by atoms with E-state index in [1.807, 2.05) is 19.1 Å². The minimum Gasteiger partial charge on any atom is -0.396 e. The van der Waals surface area contributed by atoms with E-state index in [4.69, 9.17) is 5.11 Å². The zero-order valence-electron chi connectivity index (χ0n) is 11.8. The van der Waals surface area contributed by atoms with Gasteiger partial charge in [-0.25, -0.2) is 13.1 Å². The summed E-state index contributed by atoms with van der Waals surface area (Å²) in [4.78, 5) is 0.272. The van der Waals surface area contributed by atoms with Crippen molar-refractivity contribution in [3.63, 3.8) is 0 Å². The number of nitrogens with one attached hydrogen (secondary N) is 1. The minimum atomic E-state index is -3.50. The molecular formula is C14H23NO3S. The molecule has 0 aliphatic carbocycles. The highest BCUT2D eigenvalue weighted by Crippen LogP contribution is 2.17. The summed E-state index contributed by atoms with van der Waals surface area (Å²) >= 11 is 0. The minimum absolute atomic E-state index is 0.0205. The molecule has 1 atom stereocenters. The van der Waals surface area contributed by atoms with Crippen LogP contribution in [0.3, 0.4) is 0 Å². The molecule has 0 aliphatic rings. The van der Waals surface area contributed by atoms with Gasteiger partial charge < -0.3 is 5.11 Å². The lowest BCUT2D eigenvalue weighted by Gasteiger charge is -2.16. The smallest absolute Gasteiger partial charge is 0.240 e. The van der Waals surface area contributed by atoms with E-state index in [2.05, 4.69) is 18.6 Å². The van der Waals surface area contributed by atoms with Gasteiger partial charge in [0.1, 0.15) is 0 Å². The topological polar surface area (TPSA) is 66.4 Å². The Labute approximate surface area is 115 Å². The Morgan fingerprint density at radius 1 is 1.21 bits per heavy atom. The number of benzene rings is 1. The summed E-state index contributed by atoms with van der Waals surface area (Å²) < 4.78 is 27.0. The first-order valence-electron chi connectivity index (χ1n) is 6.63. The predicted octanol–water partition coefficient (Wildman–Crippen LogP) is 2.25. The number of rotatable bonds is 7. The summed E-state index contributed by atoms with van der Waals surface area (Å²) in [5.41, 5.74) is 1.11. The molecule has 0 aromatic heterocycles. The lowest BCUT2D eigenvalue weighted by atomic mass is 10.0. The molecule has 4 nitrogen and oxygen atoms in total. The van der Waals surface area contributed by atoms with E-state index in [1.54, 1.807) is 12.1 Å². The lowest BCUT2D eigenvalue weighted by molar-refractivity contribution is 0.270. The highest BCUT2D eigenvalue weighted by molar-refractivity contribution is 7.89. The molecule has 0 aliphatic heterocycles. The third kappa shape index (κ3) is 4.60. The van der Waals surface area contributed by atoms with Crippen molar-refractivity contribution < 1.29 is 13.5 Å². The van der Waals surface area contributed by atoms with Gasteiger partial charge in [-0.1, -0.05) is 32.9 Å². The monoisotopic (exact) mass is 285 g/mol. The van der Waals surface area contributed by atoms with Crippen LogP contribution in [0.15, 0.2) is 29.2 Å². The number of aliphatic hydroxyl groups is 1. The predicted molar refractivity (Wildman–Crippen MR) is 76.6 cm³/mol. The first-order chi connectivity index (χ1) is 8.90. The molecule has 0 spiro atoms. The molecule has 0 fully saturated rings. The standard InChI is InChI=1S/C14H23NO3S/c1-4-13(9-10-16)15-19(17,18)14-7-5-12(6-8-14)11(2)3/h5-8,11,13,15-16H,4,9-10H2,1-3H3. The molecule has 2 N–H and O–H groups in total. The third-order valence-electron chi connectivity index (χ3n) is 3.15.